The van der Waals surface area contributed by atoms with E-state index in [1.807, 2.05) is 11.4 Å². The second-order valence-corrected chi connectivity index (χ2v) is 3.21. The summed E-state index contributed by atoms with van der Waals surface area (Å²) in [6.45, 7) is 1.49. The maximum absolute atomic E-state index is 10.5. The molecule has 0 saturated carbocycles. The van der Waals surface area contributed by atoms with Gasteiger partial charge in [0.2, 0.25) is 0 Å². The summed E-state index contributed by atoms with van der Waals surface area (Å²) >= 11 is 1.38. The first-order chi connectivity index (χ1) is 5.72. The standard InChI is InChI=1S/C9H7NOS/c1-7(11)2-3-8-4-9(5-10)12-6-8/h2-4,6H,1H3/b3-2+. The molecular formula is C9H7NOS. The third kappa shape index (κ3) is 2.33. The van der Waals surface area contributed by atoms with Gasteiger partial charge in [0.25, 0.3) is 0 Å². The van der Waals surface area contributed by atoms with Gasteiger partial charge in [-0.05, 0) is 30.0 Å². The van der Waals surface area contributed by atoms with Crippen LogP contribution in [0.2, 0.25) is 0 Å². The van der Waals surface area contributed by atoms with E-state index in [9.17, 15) is 4.79 Å². The number of allylic oxidation sites excluding steroid dienone is 1. The summed E-state index contributed by atoms with van der Waals surface area (Å²) in [5.74, 6) is 0.0136. The molecule has 0 aliphatic heterocycles. The van der Waals surface area contributed by atoms with Gasteiger partial charge in [0.1, 0.15) is 10.9 Å². The lowest BCUT2D eigenvalue weighted by Gasteiger charge is -1.79. The fourth-order valence-corrected chi connectivity index (χ4v) is 1.38. The Balaban J connectivity index is 2.78. The number of nitriles is 1. The molecule has 0 aliphatic rings. The largest absolute Gasteiger partial charge is 0.295 e. The Morgan fingerprint density at radius 2 is 2.50 bits per heavy atom. The quantitative estimate of drug-likeness (QED) is 0.650. The first kappa shape index (κ1) is 8.69. The van der Waals surface area contributed by atoms with Crippen molar-refractivity contribution in [3.63, 3.8) is 0 Å². The number of hydrogen-bond acceptors (Lipinski definition) is 3. The van der Waals surface area contributed by atoms with E-state index in [2.05, 4.69) is 0 Å². The number of carbonyl (C=O) groups excluding carboxylic acids is 1. The van der Waals surface area contributed by atoms with Crippen LogP contribution in [0.3, 0.4) is 0 Å². The van der Waals surface area contributed by atoms with Crippen LogP contribution in [-0.2, 0) is 4.79 Å². The summed E-state index contributed by atoms with van der Waals surface area (Å²) in [4.78, 5) is 11.2. The number of carbonyl (C=O) groups is 1. The molecule has 1 rings (SSSR count). The molecule has 1 aromatic heterocycles. The molecule has 12 heavy (non-hydrogen) atoms. The van der Waals surface area contributed by atoms with Crippen LogP contribution in [0.15, 0.2) is 17.5 Å². The third-order valence-corrected chi connectivity index (χ3v) is 2.09. The molecule has 1 aromatic rings. The van der Waals surface area contributed by atoms with E-state index < -0.39 is 0 Å². The van der Waals surface area contributed by atoms with Crippen molar-refractivity contribution in [3.05, 3.63) is 28.0 Å². The lowest BCUT2D eigenvalue weighted by Crippen LogP contribution is -1.78. The molecule has 3 heteroatoms. The van der Waals surface area contributed by atoms with E-state index in [0.717, 1.165) is 5.56 Å². The van der Waals surface area contributed by atoms with E-state index in [1.165, 1.54) is 24.3 Å². The molecule has 2 nitrogen and oxygen atoms in total. The van der Waals surface area contributed by atoms with Crippen molar-refractivity contribution in [1.82, 2.24) is 0 Å². The predicted octanol–water partition coefficient (Wildman–Crippen LogP) is 2.22. The molecule has 0 N–H and O–H groups in total. The number of thiophene rings is 1. The van der Waals surface area contributed by atoms with Crippen LogP contribution in [0.5, 0.6) is 0 Å². The molecule has 0 bridgehead atoms. The highest BCUT2D eigenvalue weighted by Gasteiger charge is 1.94. The Bertz CT molecular complexity index is 357. The zero-order valence-corrected chi connectivity index (χ0v) is 7.39. The van der Waals surface area contributed by atoms with Crippen molar-refractivity contribution < 1.29 is 4.79 Å². The highest BCUT2D eigenvalue weighted by molar-refractivity contribution is 7.10. The molecule has 0 aromatic carbocycles. The molecular weight excluding hydrogens is 170 g/mol. The van der Waals surface area contributed by atoms with Crippen molar-refractivity contribution in [2.24, 2.45) is 0 Å². The van der Waals surface area contributed by atoms with Crippen LogP contribution in [0.25, 0.3) is 6.08 Å². The highest BCUT2D eigenvalue weighted by atomic mass is 32.1. The Morgan fingerprint density at radius 3 is 3.00 bits per heavy atom. The van der Waals surface area contributed by atoms with Gasteiger partial charge in [0.15, 0.2) is 5.78 Å². The van der Waals surface area contributed by atoms with Gasteiger partial charge >= 0.3 is 0 Å². The third-order valence-electron chi connectivity index (χ3n) is 1.24. The highest BCUT2D eigenvalue weighted by Crippen LogP contribution is 2.14. The van der Waals surface area contributed by atoms with E-state index >= 15 is 0 Å². The lowest BCUT2D eigenvalue weighted by atomic mass is 10.2. The van der Waals surface area contributed by atoms with Gasteiger partial charge in [0, 0.05) is 0 Å². The van der Waals surface area contributed by atoms with Crippen molar-refractivity contribution in [1.29, 1.82) is 5.26 Å². The van der Waals surface area contributed by atoms with Crippen LogP contribution < -0.4 is 0 Å². The number of nitrogens with zero attached hydrogens (tertiary/aromatic N) is 1. The Labute approximate surface area is 74.8 Å². The SMILES string of the molecule is CC(=O)/C=C/c1csc(C#N)c1. The van der Waals surface area contributed by atoms with Crippen molar-refractivity contribution in [2.75, 3.05) is 0 Å². The van der Waals surface area contributed by atoms with Crippen LogP contribution in [0, 0.1) is 11.3 Å². The van der Waals surface area contributed by atoms with E-state index in [4.69, 9.17) is 5.26 Å². The molecule has 0 aliphatic carbocycles. The van der Waals surface area contributed by atoms with Gasteiger partial charge in [-0.2, -0.15) is 5.26 Å². The summed E-state index contributed by atoms with van der Waals surface area (Å²) in [5.41, 5.74) is 0.909. The van der Waals surface area contributed by atoms with Crippen molar-refractivity contribution in [3.8, 4) is 6.07 Å². The second kappa shape index (κ2) is 3.84. The van der Waals surface area contributed by atoms with Gasteiger partial charge < -0.3 is 0 Å². The summed E-state index contributed by atoms with van der Waals surface area (Å²) in [7, 11) is 0. The molecule has 0 amide bonds. The minimum atomic E-state index is 0.0136. The van der Waals surface area contributed by atoms with E-state index in [1.54, 1.807) is 12.1 Å². The zero-order chi connectivity index (χ0) is 8.97. The summed E-state index contributed by atoms with van der Waals surface area (Å²) in [5, 5.41) is 10.3. The van der Waals surface area contributed by atoms with Gasteiger partial charge in [-0.3, -0.25) is 4.79 Å². The molecule has 0 radical (unpaired) electrons. The monoisotopic (exact) mass is 177 g/mol. The molecule has 0 fully saturated rings. The summed E-state index contributed by atoms with van der Waals surface area (Å²) in [6.07, 6.45) is 3.20. The van der Waals surface area contributed by atoms with Crippen LogP contribution >= 0.6 is 11.3 Å². The molecule has 0 spiro atoms. The van der Waals surface area contributed by atoms with Crippen LogP contribution in [0.4, 0.5) is 0 Å². The number of ketones is 1. The van der Waals surface area contributed by atoms with Crippen LogP contribution in [-0.4, -0.2) is 5.78 Å². The maximum Gasteiger partial charge on any atom is 0.152 e. The molecule has 1 heterocycles. The number of hydrogen-bond donors (Lipinski definition) is 0. The van der Waals surface area contributed by atoms with Gasteiger partial charge in [-0.1, -0.05) is 6.08 Å². The normalized spacial score (nSPS) is 10.0. The lowest BCUT2D eigenvalue weighted by molar-refractivity contribution is -0.112. The first-order valence-corrected chi connectivity index (χ1v) is 4.27. The van der Waals surface area contributed by atoms with Crippen LogP contribution in [0.1, 0.15) is 17.4 Å². The smallest absolute Gasteiger partial charge is 0.152 e. The number of rotatable bonds is 2. The maximum atomic E-state index is 10.5. The minimum absolute atomic E-state index is 0.0136. The fourth-order valence-electron chi connectivity index (χ4n) is 0.711. The Kier molecular flexibility index (Phi) is 2.78. The molecule has 0 saturated heterocycles. The van der Waals surface area contributed by atoms with Gasteiger partial charge in [-0.15, -0.1) is 11.3 Å². The summed E-state index contributed by atoms with van der Waals surface area (Å²) < 4.78 is 0. The summed E-state index contributed by atoms with van der Waals surface area (Å²) in [6, 6.07) is 3.79. The second-order valence-electron chi connectivity index (χ2n) is 2.30. The van der Waals surface area contributed by atoms with E-state index in [0.29, 0.717) is 4.88 Å². The Morgan fingerprint density at radius 1 is 1.75 bits per heavy atom. The molecule has 60 valence electrons. The van der Waals surface area contributed by atoms with Crippen molar-refractivity contribution >= 4 is 23.2 Å². The fraction of sp³-hybridized carbons (Fsp3) is 0.111. The average molecular weight is 177 g/mol. The average Bonchev–Trinajstić information content (AvgIpc) is 2.48. The zero-order valence-electron chi connectivity index (χ0n) is 6.57. The molecule has 0 unspecified atom stereocenters. The predicted molar refractivity (Wildman–Crippen MR) is 48.7 cm³/mol. The van der Waals surface area contributed by atoms with Crippen molar-refractivity contribution in [2.45, 2.75) is 6.92 Å². The topological polar surface area (TPSA) is 40.9 Å². The van der Waals surface area contributed by atoms with Gasteiger partial charge in [0.05, 0.1) is 0 Å². The Hall–Kier alpha value is -1.40. The minimum Gasteiger partial charge on any atom is -0.295 e. The first-order valence-electron chi connectivity index (χ1n) is 3.39. The van der Waals surface area contributed by atoms with Gasteiger partial charge in [-0.25, -0.2) is 0 Å². The molecule has 0 atom stereocenters. The van der Waals surface area contributed by atoms with E-state index in [-0.39, 0.29) is 5.78 Å².